The number of ether oxygens (including phenoxy) is 1. The fraction of sp³-hybridized carbons (Fsp3) is 0.348. The highest BCUT2D eigenvalue weighted by Gasteiger charge is 2.25. The first-order chi connectivity index (χ1) is 14.4. The molecular formula is C23H28N4O3. The van der Waals surface area contributed by atoms with Gasteiger partial charge in [0.1, 0.15) is 17.6 Å². The number of rotatable bonds is 8. The number of aryl methyl sites for hydroxylation is 1. The second-order valence-electron chi connectivity index (χ2n) is 7.49. The molecule has 0 aliphatic heterocycles. The van der Waals surface area contributed by atoms with Crippen LogP contribution < -0.4 is 15.4 Å². The summed E-state index contributed by atoms with van der Waals surface area (Å²) in [5.74, 6) is 0.753. The number of carbonyl (C=O) groups is 2. The van der Waals surface area contributed by atoms with E-state index in [0.717, 1.165) is 16.9 Å². The van der Waals surface area contributed by atoms with E-state index in [0.29, 0.717) is 24.4 Å². The Morgan fingerprint density at radius 1 is 1.10 bits per heavy atom. The second-order valence-corrected chi connectivity index (χ2v) is 7.49. The van der Waals surface area contributed by atoms with Crippen molar-refractivity contribution in [3.05, 3.63) is 59.9 Å². The van der Waals surface area contributed by atoms with Gasteiger partial charge in [-0.15, -0.1) is 0 Å². The van der Waals surface area contributed by atoms with Crippen LogP contribution in [0.15, 0.2) is 48.5 Å². The fourth-order valence-corrected chi connectivity index (χ4v) is 3.47. The van der Waals surface area contributed by atoms with Crippen molar-refractivity contribution in [3.8, 4) is 5.75 Å². The number of aromatic nitrogens is 2. The summed E-state index contributed by atoms with van der Waals surface area (Å²) in [6.45, 7) is 6.80. The number of nitrogens with zero attached hydrogens (tertiary/aromatic N) is 2. The highest BCUT2D eigenvalue weighted by molar-refractivity contribution is 5.99. The molecule has 0 bridgehead atoms. The Bertz CT molecular complexity index is 1040. The number of imidazole rings is 1. The molecule has 7 heteroatoms. The number of nitrogens with one attached hydrogen (secondary N) is 2. The minimum Gasteiger partial charge on any atom is -0.496 e. The zero-order chi connectivity index (χ0) is 21.7. The van der Waals surface area contributed by atoms with Crippen LogP contribution in [0.25, 0.3) is 11.0 Å². The summed E-state index contributed by atoms with van der Waals surface area (Å²) in [6.07, 6.45) is 0. The molecule has 2 N–H and O–H groups in total. The van der Waals surface area contributed by atoms with E-state index >= 15 is 0 Å². The lowest BCUT2D eigenvalue weighted by Crippen LogP contribution is -2.50. The summed E-state index contributed by atoms with van der Waals surface area (Å²) in [5.41, 5.74) is 2.37. The summed E-state index contributed by atoms with van der Waals surface area (Å²) in [7, 11) is 1.51. The maximum atomic E-state index is 12.8. The first-order valence-corrected chi connectivity index (χ1v) is 10.1. The third-order valence-electron chi connectivity index (χ3n) is 5.07. The van der Waals surface area contributed by atoms with Crippen LogP contribution in [-0.2, 0) is 11.3 Å². The van der Waals surface area contributed by atoms with Gasteiger partial charge in [0.25, 0.3) is 5.91 Å². The Labute approximate surface area is 176 Å². The number of carbonyl (C=O) groups excluding carboxylic acids is 2. The van der Waals surface area contributed by atoms with Crippen molar-refractivity contribution in [2.75, 3.05) is 13.7 Å². The van der Waals surface area contributed by atoms with Crippen LogP contribution in [0.2, 0.25) is 0 Å². The average Bonchev–Trinajstić information content (AvgIpc) is 3.06. The third-order valence-corrected chi connectivity index (χ3v) is 5.07. The van der Waals surface area contributed by atoms with Gasteiger partial charge in [-0.3, -0.25) is 9.59 Å². The molecule has 0 aliphatic carbocycles. The van der Waals surface area contributed by atoms with Crippen molar-refractivity contribution in [3.63, 3.8) is 0 Å². The molecule has 0 saturated carbocycles. The van der Waals surface area contributed by atoms with Crippen LogP contribution in [0.3, 0.4) is 0 Å². The van der Waals surface area contributed by atoms with Crippen LogP contribution in [0, 0.1) is 12.8 Å². The van der Waals surface area contributed by atoms with E-state index in [-0.39, 0.29) is 17.7 Å². The lowest BCUT2D eigenvalue weighted by molar-refractivity contribution is -0.123. The molecule has 0 aliphatic rings. The van der Waals surface area contributed by atoms with E-state index in [2.05, 4.69) is 20.2 Å². The standard InChI is InChI=1S/C23H28N4O3/c1-15(2)21(26-22(28)17-9-5-8-12-20(17)30-4)23(29)24-13-14-27-16(3)25-18-10-6-7-11-19(18)27/h5-12,15,21H,13-14H2,1-4H3,(H,24,29)(H,26,28)/t21-/m0/s1. The molecule has 2 amide bonds. The first-order valence-electron chi connectivity index (χ1n) is 10.1. The number of para-hydroxylation sites is 3. The van der Waals surface area contributed by atoms with Gasteiger partial charge in [-0.2, -0.15) is 0 Å². The predicted molar refractivity (Wildman–Crippen MR) is 117 cm³/mol. The van der Waals surface area contributed by atoms with Crippen LogP contribution >= 0.6 is 0 Å². The number of hydrogen-bond donors (Lipinski definition) is 2. The highest BCUT2D eigenvalue weighted by Crippen LogP contribution is 2.18. The van der Waals surface area contributed by atoms with Crippen molar-refractivity contribution >= 4 is 22.8 Å². The maximum absolute atomic E-state index is 12.8. The maximum Gasteiger partial charge on any atom is 0.255 e. The molecule has 3 rings (SSSR count). The van der Waals surface area contributed by atoms with Gasteiger partial charge in [0, 0.05) is 13.1 Å². The zero-order valence-corrected chi connectivity index (χ0v) is 17.8. The smallest absolute Gasteiger partial charge is 0.255 e. The molecular weight excluding hydrogens is 380 g/mol. The number of methoxy groups -OCH3 is 1. The molecule has 30 heavy (non-hydrogen) atoms. The minimum atomic E-state index is -0.650. The average molecular weight is 409 g/mol. The number of benzene rings is 2. The number of hydrogen-bond acceptors (Lipinski definition) is 4. The highest BCUT2D eigenvalue weighted by atomic mass is 16.5. The largest absolute Gasteiger partial charge is 0.496 e. The molecule has 1 aromatic heterocycles. The van der Waals surface area contributed by atoms with Crippen LogP contribution in [0.5, 0.6) is 5.75 Å². The monoisotopic (exact) mass is 408 g/mol. The summed E-state index contributed by atoms with van der Waals surface area (Å²) in [6, 6.07) is 14.2. The summed E-state index contributed by atoms with van der Waals surface area (Å²) in [5, 5.41) is 5.79. The van der Waals surface area contributed by atoms with Crippen molar-refractivity contribution in [1.29, 1.82) is 0 Å². The van der Waals surface area contributed by atoms with E-state index < -0.39 is 6.04 Å². The molecule has 1 heterocycles. The Morgan fingerprint density at radius 3 is 2.53 bits per heavy atom. The Hall–Kier alpha value is -3.35. The lowest BCUT2D eigenvalue weighted by Gasteiger charge is -2.22. The zero-order valence-electron chi connectivity index (χ0n) is 17.8. The number of fused-ring (bicyclic) bond motifs is 1. The van der Waals surface area contributed by atoms with E-state index in [4.69, 9.17) is 4.74 Å². The molecule has 158 valence electrons. The van der Waals surface area contributed by atoms with Gasteiger partial charge in [-0.25, -0.2) is 4.98 Å². The van der Waals surface area contributed by atoms with Gasteiger partial charge in [0.15, 0.2) is 0 Å². The predicted octanol–water partition coefficient (Wildman–Crippen LogP) is 2.92. The molecule has 0 fully saturated rings. The van der Waals surface area contributed by atoms with Crippen molar-refractivity contribution in [2.24, 2.45) is 5.92 Å². The van der Waals surface area contributed by atoms with E-state index in [1.54, 1.807) is 24.3 Å². The number of amides is 2. The molecule has 0 radical (unpaired) electrons. The van der Waals surface area contributed by atoms with Gasteiger partial charge in [-0.1, -0.05) is 38.1 Å². The third kappa shape index (κ3) is 4.62. The van der Waals surface area contributed by atoms with Gasteiger partial charge in [0.2, 0.25) is 5.91 Å². The molecule has 0 spiro atoms. The lowest BCUT2D eigenvalue weighted by atomic mass is 10.0. The molecule has 7 nitrogen and oxygen atoms in total. The summed E-state index contributed by atoms with van der Waals surface area (Å²) in [4.78, 5) is 30.1. The van der Waals surface area contributed by atoms with Gasteiger partial charge < -0.3 is 19.9 Å². The SMILES string of the molecule is COc1ccccc1C(=O)N[C@H](C(=O)NCCn1c(C)nc2ccccc21)C(C)C. The normalized spacial score (nSPS) is 12.0. The van der Waals surface area contributed by atoms with Crippen LogP contribution in [0.1, 0.15) is 30.0 Å². The van der Waals surface area contributed by atoms with E-state index in [1.807, 2.05) is 45.0 Å². The topological polar surface area (TPSA) is 85.2 Å². The van der Waals surface area contributed by atoms with Gasteiger partial charge >= 0.3 is 0 Å². The Balaban J connectivity index is 1.64. The van der Waals surface area contributed by atoms with Gasteiger partial charge in [0.05, 0.1) is 23.7 Å². The molecule has 0 unspecified atom stereocenters. The summed E-state index contributed by atoms with van der Waals surface area (Å²) < 4.78 is 7.33. The summed E-state index contributed by atoms with van der Waals surface area (Å²) >= 11 is 0. The Kier molecular flexibility index (Phi) is 6.72. The van der Waals surface area contributed by atoms with Crippen molar-refractivity contribution < 1.29 is 14.3 Å². The van der Waals surface area contributed by atoms with Crippen LogP contribution in [-0.4, -0.2) is 41.1 Å². The molecule has 0 saturated heterocycles. The quantitative estimate of drug-likeness (QED) is 0.600. The fourth-order valence-electron chi connectivity index (χ4n) is 3.47. The van der Waals surface area contributed by atoms with E-state index in [9.17, 15) is 9.59 Å². The van der Waals surface area contributed by atoms with Crippen molar-refractivity contribution in [2.45, 2.75) is 33.4 Å². The van der Waals surface area contributed by atoms with Gasteiger partial charge in [-0.05, 0) is 37.1 Å². The Morgan fingerprint density at radius 2 is 1.80 bits per heavy atom. The minimum absolute atomic E-state index is 0.0699. The van der Waals surface area contributed by atoms with Crippen LogP contribution in [0.4, 0.5) is 0 Å². The molecule has 3 aromatic rings. The van der Waals surface area contributed by atoms with E-state index in [1.165, 1.54) is 7.11 Å². The molecule has 1 atom stereocenters. The van der Waals surface area contributed by atoms with Crippen molar-refractivity contribution in [1.82, 2.24) is 20.2 Å². The molecule has 2 aromatic carbocycles. The first kappa shape index (κ1) is 21.4. The second kappa shape index (κ2) is 9.43.